The maximum atomic E-state index is 12.3. The number of alkyl halides is 4. The fourth-order valence-electron chi connectivity index (χ4n) is 0.620. The third-order valence-corrected chi connectivity index (χ3v) is 1.28. The molecule has 0 spiro atoms. The van der Waals surface area contributed by atoms with Crippen molar-refractivity contribution in [1.82, 2.24) is 0 Å². The molecule has 71 valence electrons. The predicted molar refractivity (Wildman–Crippen MR) is 30.5 cm³/mol. The summed E-state index contributed by atoms with van der Waals surface area (Å²) in [5.74, 6) is -12.6. The summed E-state index contributed by atoms with van der Waals surface area (Å²) >= 11 is 0. The van der Waals surface area contributed by atoms with Crippen molar-refractivity contribution >= 4 is 5.97 Å². The van der Waals surface area contributed by atoms with E-state index in [2.05, 4.69) is 0 Å². The van der Waals surface area contributed by atoms with Crippen LogP contribution in [-0.2, 0) is 9.90 Å². The first-order chi connectivity index (χ1) is 5.25. The third-order valence-electron chi connectivity index (χ3n) is 1.28. The van der Waals surface area contributed by atoms with E-state index in [4.69, 9.17) is 0 Å². The fraction of sp³-hybridized carbons (Fsp3) is 0.833. The molecule has 0 saturated heterocycles. The largest absolute Gasteiger partial charge is 0.430 e. The Kier molecular flexibility index (Phi) is 3.06. The first-order valence-corrected chi connectivity index (χ1v) is 3.22. The Bertz CT molecular complexity index is 178. The Morgan fingerprint density at radius 2 is 1.67 bits per heavy atom. The van der Waals surface area contributed by atoms with E-state index in [9.17, 15) is 27.5 Å². The molecule has 0 aliphatic rings. The van der Waals surface area contributed by atoms with Gasteiger partial charge in [-0.25, -0.2) is 9.90 Å². The molecule has 0 aromatic carbocycles. The molecule has 0 aliphatic carbocycles. The fourth-order valence-corrected chi connectivity index (χ4v) is 0.620. The maximum Gasteiger partial charge on any atom is 0.430 e. The second-order valence-corrected chi connectivity index (χ2v) is 2.32. The second kappa shape index (κ2) is 3.28. The Labute approximate surface area is 66.2 Å². The molecule has 0 aliphatic heterocycles. The van der Waals surface area contributed by atoms with Crippen LogP contribution in [0.3, 0.4) is 0 Å². The molecule has 2 nitrogen and oxygen atoms in total. The van der Waals surface area contributed by atoms with E-state index < -0.39 is 24.2 Å². The molecule has 6 heteroatoms. The zero-order valence-electron chi connectivity index (χ0n) is 6.24. The van der Waals surface area contributed by atoms with Gasteiger partial charge in [0.25, 0.3) is 0 Å². The summed E-state index contributed by atoms with van der Waals surface area (Å²) in [6.45, 7) is 1.25. The van der Waals surface area contributed by atoms with Crippen LogP contribution in [0.2, 0.25) is 0 Å². The number of halogens is 4. The summed E-state index contributed by atoms with van der Waals surface area (Å²) in [7, 11) is 0. The summed E-state index contributed by atoms with van der Waals surface area (Å²) < 4.78 is 48.8. The van der Waals surface area contributed by atoms with Crippen molar-refractivity contribution in [2.75, 3.05) is 0 Å². The number of hydrogen-bond donors (Lipinski definition) is 0. The average molecular weight is 187 g/mol. The second-order valence-electron chi connectivity index (χ2n) is 2.32. The van der Waals surface area contributed by atoms with Crippen molar-refractivity contribution in [3.63, 3.8) is 0 Å². The molecule has 0 rings (SSSR count). The summed E-state index contributed by atoms with van der Waals surface area (Å²) in [6.07, 6.45) is -1.40. The van der Waals surface area contributed by atoms with Gasteiger partial charge in [0.1, 0.15) is 0 Å². The zero-order chi connectivity index (χ0) is 9.99. The normalized spacial score (nSPS) is 13.1. The molecular weight excluding hydrogens is 180 g/mol. The van der Waals surface area contributed by atoms with E-state index in [0.717, 1.165) is 0 Å². The highest BCUT2D eigenvalue weighted by Gasteiger charge is 2.62. The lowest BCUT2D eigenvalue weighted by Crippen LogP contribution is -2.46. The smallest absolute Gasteiger partial charge is 0.240 e. The minimum absolute atomic E-state index is 0.226. The van der Waals surface area contributed by atoms with Gasteiger partial charge in [-0.05, 0) is 0 Å². The average Bonchev–Trinajstić information content (AvgIpc) is 1.86. The number of rotatable bonds is 4. The quantitative estimate of drug-likeness (QED) is 0.620. The lowest BCUT2D eigenvalue weighted by Gasteiger charge is -2.20. The number of carbonyl (C=O) groups is 1. The highest BCUT2D eigenvalue weighted by atomic mass is 19.3. The molecular formula is C6H7F4O2. The SMILES string of the molecule is CCCC(F)(F)C(F)(F)C([O])=O. The van der Waals surface area contributed by atoms with Crippen molar-refractivity contribution in [2.24, 2.45) is 0 Å². The molecule has 0 atom stereocenters. The number of carbonyl (C=O) groups excluding carboxylic acids is 1. The van der Waals surface area contributed by atoms with Gasteiger partial charge < -0.3 is 0 Å². The van der Waals surface area contributed by atoms with Gasteiger partial charge in [0.15, 0.2) is 0 Å². The molecule has 0 N–H and O–H groups in total. The Balaban J connectivity index is 4.62. The summed E-state index contributed by atoms with van der Waals surface area (Å²) in [6, 6.07) is 0. The minimum Gasteiger partial charge on any atom is -0.240 e. The van der Waals surface area contributed by atoms with Gasteiger partial charge in [-0.2, -0.15) is 17.6 Å². The van der Waals surface area contributed by atoms with E-state index >= 15 is 0 Å². The van der Waals surface area contributed by atoms with Crippen LogP contribution in [0, 0.1) is 0 Å². The Morgan fingerprint density at radius 3 is 1.92 bits per heavy atom. The van der Waals surface area contributed by atoms with Crippen LogP contribution >= 0.6 is 0 Å². The van der Waals surface area contributed by atoms with Gasteiger partial charge in [0.2, 0.25) is 0 Å². The maximum absolute atomic E-state index is 12.3. The van der Waals surface area contributed by atoms with Crippen molar-refractivity contribution in [2.45, 2.75) is 31.6 Å². The van der Waals surface area contributed by atoms with E-state index in [0.29, 0.717) is 0 Å². The third kappa shape index (κ3) is 1.86. The Morgan fingerprint density at radius 1 is 1.25 bits per heavy atom. The van der Waals surface area contributed by atoms with Crippen LogP contribution in [-0.4, -0.2) is 17.8 Å². The monoisotopic (exact) mass is 187 g/mol. The molecule has 0 bridgehead atoms. The molecule has 1 radical (unpaired) electrons. The minimum atomic E-state index is -5.08. The van der Waals surface area contributed by atoms with Crippen LogP contribution in [0.5, 0.6) is 0 Å². The van der Waals surface area contributed by atoms with Gasteiger partial charge in [-0.3, -0.25) is 0 Å². The van der Waals surface area contributed by atoms with Gasteiger partial charge in [-0.15, -0.1) is 0 Å². The van der Waals surface area contributed by atoms with Crippen LogP contribution in [0.15, 0.2) is 0 Å². The molecule has 0 heterocycles. The molecule has 0 fully saturated rings. The summed E-state index contributed by atoms with van der Waals surface area (Å²) in [5, 5.41) is 9.60. The highest BCUT2D eigenvalue weighted by Crippen LogP contribution is 2.37. The van der Waals surface area contributed by atoms with Gasteiger partial charge in [-0.1, -0.05) is 13.3 Å². The van der Waals surface area contributed by atoms with Crippen LogP contribution in [0.4, 0.5) is 17.6 Å². The Hall–Kier alpha value is -0.810. The summed E-state index contributed by atoms with van der Waals surface area (Å²) in [4.78, 5) is 9.60. The summed E-state index contributed by atoms with van der Waals surface area (Å²) in [5.41, 5.74) is 0. The van der Waals surface area contributed by atoms with E-state index in [1.807, 2.05) is 0 Å². The molecule has 0 aromatic heterocycles. The van der Waals surface area contributed by atoms with E-state index in [-0.39, 0.29) is 6.42 Å². The first kappa shape index (κ1) is 11.2. The van der Waals surface area contributed by atoms with Crippen LogP contribution < -0.4 is 0 Å². The molecule has 0 saturated carbocycles. The van der Waals surface area contributed by atoms with Gasteiger partial charge in [0, 0.05) is 6.42 Å². The highest BCUT2D eigenvalue weighted by molar-refractivity contribution is 5.76. The predicted octanol–water partition coefficient (Wildman–Crippen LogP) is 2.01. The zero-order valence-corrected chi connectivity index (χ0v) is 6.24. The van der Waals surface area contributed by atoms with Gasteiger partial charge >= 0.3 is 17.8 Å². The number of hydrogen-bond acceptors (Lipinski definition) is 1. The van der Waals surface area contributed by atoms with Crippen molar-refractivity contribution in [3.8, 4) is 0 Å². The van der Waals surface area contributed by atoms with Crippen LogP contribution in [0.1, 0.15) is 19.8 Å². The molecule has 0 unspecified atom stereocenters. The lowest BCUT2D eigenvalue weighted by atomic mass is 10.1. The molecule has 0 aromatic rings. The standard InChI is InChI=1S/C6H7F4O2/c1-2-3-5(7,8)6(9,10)4(11)12/h2-3H2,1H3. The van der Waals surface area contributed by atoms with E-state index in [1.54, 1.807) is 0 Å². The van der Waals surface area contributed by atoms with Gasteiger partial charge in [0.05, 0.1) is 0 Å². The topological polar surface area (TPSA) is 37.0 Å². The first-order valence-electron chi connectivity index (χ1n) is 3.22. The van der Waals surface area contributed by atoms with Crippen LogP contribution in [0.25, 0.3) is 0 Å². The van der Waals surface area contributed by atoms with Crippen molar-refractivity contribution in [1.29, 1.82) is 0 Å². The van der Waals surface area contributed by atoms with Crippen molar-refractivity contribution < 1.29 is 27.5 Å². The van der Waals surface area contributed by atoms with Crippen molar-refractivity contribution in [3.05, 3.63) is 0 Å². The lowest BCUT2D eigenvalue weighted by molar-refractivity contribution is -0.230. The van der Waals surface area contributed by atoms with E-state index in [1.165, 1.54) is 6.92 Å². The molecule has 0 amide bonds. The molecule has 12 heavy (non-hydrogen) atoms.